The average molecular weight is 254 g/mol. The monoisotopic (exact) mass is 254 g/mol. The second-order valence-corrected chi connectivity index (χ2v) is 8.25. The molecule has 0 aromatic carbocycles. The number of carbonyl (C=O) groups is 2. The second kappa shape index (κ2) is 2.27. The Morgan fingerprint density at radius 2 is 1.26 bits per heavy atom. The highest BCUT2D eigenvalue weighted by Gasteiger charge is 2.95. The molecule has 6 aliphatic rings. The van der Waals surface area contributed by atoms with Crippen molar-refractivity contribution in [3.63, 3.8) is 0 Å². The van der Waals surface area contributed by atoms with Gasteiger partial charge in [0.1, 0.15) is 11.6 Å². The first-order valence-corrected chi connectivity index (χ1v) is 7.79. The second-order valence-electron chi connectivity index (χ2n) is 8.25. The minimum absolute atomic E-state index is 0.153. The number of hydrogen-bond acceptors (Lipinski definition) is 2. The summed E-state index contributed by atoms with van der Waals surface area (Å²) in [5, 5.41) is 0. The summed E-state index contributed by atoms with van der Waals surface area (Å²) in [6, 6.07) is 0. The molecule has 19 heavy (non-hydrogen) atoms. The molecule has 2 heteroatoms. The molecule has 2 bridgehead atoms. The molecule has 6 aliphatic carbocycles. The van der Waals surface area contributed by atoms with E-state index in [4.69, 9.17) is 0 Å². The molecule has 0 heterocycles. The summed E-state index contributed by atoms with van der Waals surface area (Å²) in [5.74, 6) is 3.74. The van der Waals surface area contributed by atoms with Crippen LogP contribution in [0.15, 0.2) is 11.1 Å². The SMILES string of the molecule is CC1=C(C)C[C@]23C(=O)[C@@H]4[C@H]5C[C@H]6[C@H]4C(=O)[C@]2(C1)[C@H]6[C@H]53. The van der Waals surface area contributed by atoms with Crippen molar-refractivity contribution in [2.24, 2.45) is 46.3 Å². The van der Waals surface area contributed by atoms with E-state index in [1.807, 2.05) is 0 Å². The summed E-state index contributed by atoms with van der Waals surface area (Å²) in [6.07, 6.45) is 3.03. The smallest absolute Gasteiger partial charge is 0.144 e. The third-order valence-corrected chi connectivity index (χ3v) is 8.40. The summed E-state index contributed by atoms with van der Waals surface area (Å²) in [4.78, 5) is 26.2. The van der Waals surface area contributed by atoms with Gasteiger partial charge >= 0.3 is 0 Å². The van der Waals surface area contributed by atoms with E-state index in [1.165, 1.54) is 17.6 Å². The molecule has 8 atom stereocenters. The number of carbonyl (C=O) groups excluding carboxylic acids is 2. The van der Waals surface area contributed by atoms with Crippen molar-refractivity contribution in [1.29, 1.82) is 0 Å². The maximum atomic E-state index is 13.1. The molecule has 0 unspecified atom stereocenters. The van der Waals surface area contributed by atoms with Gasteiger partial charge in [-0.1, -0.05) is 11.1 Å². The molecule has 6 rings (SSSR count). The van der Waals surface area contributed by atoms with Gasteiger partial charge in [0, 0.05) is 22.7 Å². The lowest BCUT2D eigenvalue weighted by molar-refractivity contribution is -0.193. The first-order chi connectivity index (χ1) is 9.05. The van der Waals surface area contributed by atoms with Gasteiger partial charge in [-0.3, -0.25) is 9.59 Å². The van der Waals surface area contributed by atoms with Gasteiger partial charge in [0.15, 0.2) is 0 Å². The summed E-state index contributed by atoms with van der Waals surface area (Å²) in [6.45, 7) is 4.37. The number of Topliss-reactive ketones (excluding diaryl/α,β-unsaturated/α-hetero) is 2. The number of hydrogen-bond donors (Lipinski definition) is 0. The Hall–Kier alpha value is -0.920. The molecule has 2 nitrogen and oxygen atoms in total. The van der Waals surface area contributed by atoms with Crippen LogP contribution < -0.4 is 0 Å². The number of fused-ring (bicyclic) bond motifs is 1. The first-order valence-electron chi connectivity index (χ1n) is 7.79. The van der Waals surface area contributed by atoms with E-state index in [-0.39, 0.29) is 22.7 Å². The summed E-state index contributed by atoms with van der Waals surface area (Å²) in [5.41, 5.74) is 2.38. The van der Waals surface area contributed by atoms with Gasteiger partial charge in [0.05, 0.1) is 0 Å². The zero-order chi connectivity index (χ0) is 12.9. The van der Waals surface area contributed by atoms with E-state index in [0.717, 1.165) is 12.8 Å². The maximum Gasteiger partial charge on any atom is 0.144 e. The fourth-order valence-corrected chi connectivity index (χ4v) is 8.20. The molecule has 0 radical (unpaired) electrons. The van der Waals surface area contributed by atoms with Gasteiger partial charge < -0.3 is 0 Å². The predicted molar refractivity (Wildman–Crippen MR) is 68.0 cm³/mol. The van der Waals surface area contributed by atoms with Gasteiger partial charge in [0.2, 0.25) is 0 Å². The minimum atomic E-state index is -0.213. The average Bonchev–Trinajstić information content (AvgIpc) is 2.93. The van der Waals surface area contributed by atoms with Gasteiger partial charge in [-0.2, -0.15) is 0 Å². The van der Waals surface area contributed by atoms with Gasteiger partial charge in [-0.15, -0.1) is 0 Å². The van der Waals surface area contributed by atoms with Crippen LogP contribution >= 0.6 is 0 Å². The van der Waals surface area contributed by atoms with Crippen LogP contribution in [0.25, 0.3) is 0 Å². The topological polar surface area (TPSA) is 34.1 Å². The lowest BCUT2D eigenvalue weighted by atomic mass is 9.35. The van der Waals surface area contributed by atoms with Crippen LogP contribution in [0.4, 0.5) is 0 Å². The van der Waals surface area contributed by atoms with Crippen LogP contribution in [0.5, 0.6) is 0 Å². The van der Waals surface area contributed by atoms with E-state index in [2.05, 4.69) is 13.8 Å². The standard InChI is InChI=1S/C17H18O2/c1-6-4-16-12-8-3-9-11(10(8)14(16)18)15(19)17(16,13(9)12)5-7(6)2/h8-13H,3-5H2,1-2H3/t8-,9+,10-,11-,12+,13-,16+,17+/m1/s1. The fraction of sp³-hybridized carbons (Fsp3) is 0.765. The zero-order valence-electron chi connectivity index (χ0n) is 11.4. The molecular weight excluding hydrogens is 236 g/mol. The van der Waals surface area contributed by atoms with Crippen LogP contribution in [0, 0.1) is 46.3 Å². The molecule has 0 N–H and O–H groups in total. The van der Waals surface area contributed by atoms with E-state index in [1.54, 1.807) is 0 Å². The third kappa shape index (κ3) is 0.577. The van der Waals surface area contributed by atoms with Crippen molar-refractivity contribution in [3.8, 4) is 0 Å². The van der Waals surface area contributed by atoms with Gasteiger partial charge in [-0.05, 0) is 56.8 Å². The van der Waals surface area contributed by atoms with Crippen LogP contribution in [0.1, 0.15) is 33.1 Å². The van der Waals surface area contributed by atoms with Crippen molar-refractivity contribution < 1.29 is 9.59 Å². The Kier molecular flexibility index (Phi) is 1.18. The van der Waals surface area contributed by atoms with Crippen molar-refractivity contribution in [3.05, 3.63) is 11.1 Å². The van der Waals surface area contributed by atoms with E-state index >= 15 is 0 Å². The number of allylic oxidation sites excluding steroid dienone is 2. The van der Waals surface area contributed by atoms with Crippen LogP contribution in [0.2, 0.25) is 0 Å². The maximum absolute atomic E-state index is 13.1. The molecular formula is C17H18O2. The largest absolute Gasteiger partial charge is 0.299 e. The molecule has 98 valence electrons. The normalized spacial score (nSPS) is 66.2. The van der Waals surface area contributed by atoms with Gasteiger partial charge in [-0.25, -0.2) is 0 Å². The highest BCUT2D eigenvalue weighted by molar-refractivity contribution is 6.12. The number of rotatable bonds is 0. The lowest BCUT2D eigenvalue weighted by Gasteiger charge is -2.65. The summed E-state index contributed by atoms with van der Waals surface area (Å²) in [7, 11) is 0. The molecule has 0 aliphatic heterocycles. The van der Waals surface area contributed by atoms with Crippen LogP contribution in [0.3, 0.4) is 0 Å². The van der Waals surface area contributed by atoms with Gasteiger partial charge in [0.25, 0.3) is 0 Å². The zero-order valence-corrected chi connectivity index (χ0v) is 11.4. The third-order valence-electron chi connectivity index (χ3n) is 8.40. The van der Waals surface area contributed by atoms with E-state index in [9.17, 15) is 9.59 Å². The highest BCUT2D eigenvalue weighted by atomic mass is 16.2. The van der Waals surface area contributed by atoms with Crippen LogP contribution in [-0.2, 0) is 9.59 Å². The Bertz CT molecular complexity index is 590. The fourth-order valence-electron chi connectivity index (χ4n) is 8.20. The summed E-state index contributed by atoms with van der Waals surface area (Å²) < 4.78 is 0. The molecule has 5 saturated carbocycles. The molecule has 0 saturated heterocycles. The quantitative estimate of drug-likeness (QED) is 0.622. The lowest BCUT2D eigenvalue weighted by Crippen LogP contribution is -2.69. The molecule has 5 fully saturated rings. The molecule has 2 spiro atoms. The summed E-state index contributed by atoms with van der Waals surface area (Å²) >= 11 is 0. The molecule has 0 aromatic rings. The molecule has 0 aromatic heterocycles. The van der Waals surface area contributed by atoms with E-state index in [0.29, 0.717) is 35.2 Å². The predicted octanol–water partition coefficient (Wildman–Crippen LogP) is 2.38. The van der Waals surface area contributed by atoms with Crippen molar-refractivity contribution in [1.82, 2.24) is 0 Å². The Morgan fingerprint density at radius 3 is 1.68 bits per heavy atom. The number of ketones is 2. The highest BCUT2D eigenvalue weighted by Crippen LogP contribution is 2.92. The Balaban J connectivity index is 1.73. The Morgan fingerprint density at radius 1 is 0.842 bits per heavy atom. The van der Waals surface area contributed by atoms with Crippen molar-refractivity contribution in [2.45, 2.75) is 33.1 Å². The first kappa shape index (κ1) is 9.90. The minimum Gasteiger partial charge on any atom is -0.299 e. The molecule has 0 amide bonds. The van der Waals surface area contributed by atoms with E-state index < -0.39 is 0 Å². The van der Waals surface area contributed by atoms with Crippen LogP contribution in [-0.4, -0.2) is 11.6 Å². The van der Waals surface area contributed by atoms with Crippen molar-refractivity contribution in [2.75, 3.05) is 0 Å². The van der Waals surface area contributed by atoms with Crippen molar-refractivity contribution >= 4 is 11.6 Å². The Labute approximate surface area is 112 Å².